The lowest BCUT2D eigenvalue weighted by atomic mass is 9.85. The number of hydrogen-bond donors (Lipinski definition) is 9. The molecule has 0 aromatic rings. The number of aliphatic hydroxyl groups excluding tert-OH is 7. The van der Waals surface area contributed by atoms with Gasteiger partial charge >= 0.3 is 7.82 Å². The summed E-state index contributed by atoms with van der Waals surface area (Å²) in [7, 11) is -5.15. The van der Waals surface area contributed by atoms with Gasteiger partial charge in [-0.25, -0.2) is 4.57 Å². The molecule has 1 saturated carbocycles. The number of aliphatic hydroxyl groups is 7. The molecule has 9 N–H and O–H groups in total. The van der Waals surface area contributed by atoms with Crippen LogP contribution in [0.3, 0.4) is 0 Å². The van der Waals surface area contributed by atoms with E-state index in [0.717, 1.165) is 32.1 Å². The molecule has 8 unspecified atom stereocenters. The number of unbranched alkanes of at least 4 members (excludes halogenated alkanes) is 20. The Labute approximate surface area is 343 Å². The van der Waals surface area contributed by atoms with Gasteiger partial charge in [-0.1, -0.05) is 166 Å². The first kappa shape index (κ1) is 53.5. The summed E-state index contributed by atoms with van der Waals surface area (Å²) >= 11 is 0. The lowest BCUT2D eigenvalue weighted by molar-refractivity contribution is -0.220. The molecular weight excluding hydrogens is 753 g/mol. The molecule has 0 aromatic carbocycles. The largest absolute Gasteiger partial charge is 0.472 e. The quantitative estimate of drug-likeness (QED) is 0.0187. The minimum absolute atomic E-state index is 0.351. The molecule has 0 spiro atoms. The molecule has 0 heterocycles. The Kier molecular flexibility index (Phi) is 31.2. The number of hydrogen-bond acceptors (Lipinski definition) is 11. The number of carbonyl (C=O) groups excluding carboxylic acids is 1. The van der Waals surface area contributed by atoms with Crippen LogP contribution in [0, 0.1) is 0 Å². The van der Waals surface area contributed by atoms with Crippen LogP contribution in [0.2, 0.25) is 0 Å². The van der Waals surface area contributed by atoms with E-state index in [2.05, 4.69) is 25.2 Å². The zero-order valence-corrected chi connectivity index (χ0v) is 35.9. The van der Waals surface area contributed by atoms with Crippen molar-refractivity contribution in [2.45, 2.75) is 223 Å². The third-order valence-corrected chi connectivity index (χ3v) is 11.5. The van der Waals surface area contributed by atoms with Gasteiger partial charge in [0.15, 0.2) is 0 Å². The normalized spacial score (nSPS) is 24.3. The Balaban J connectivity index is 2.64. The van der Waals surface area contributed by atoms with Gasteiger partial charge in [0, 0.05) is 0 Å². The number of phosphoric ester groups is 1. The van der Waals surface area contributed by atoms with Gasteiger partial charge in [0.2, 0.25) is 5.91 Å². The van der Waals surface area contributed by atoms with Crippen molar-refractivity contribution in [3.63, 3.8) is 0 Å². The van der Waals surface area contributed by atoms with Gasteiger partial charge in [-0.15, -0.1) is 0 Å². The van der Waals surface area contributed by atoms with Crippen LogP contribution in [-0.2, 0) is 18.4 Å². The Bertz CT molecular complexity index is 1120. The highest BCUT2D eigenvalue weighted by atomic mass is 31.2. The second-order valence-corrected chi connectivity index (χ2v) is 17.1. The van der Waals surface area contributed by atoms with Gasteiger partial charge in [0.25, 0.3) is 0 Å². The fourth-order valence-electron chi connectivity index (χ4n) is 6.83. The standard InChI is InChI=1S/C43H80NO12P/c1-3-5-7-9-11-13-15-16-17-18-19-21-23-25-27-29-31-36(46)35(33-55-57(53,54)56-43-41(51)39(49)38(48)40(50)42(43)52)44-37(47)32-34(45)30-28-26-24-22-20-14-12-10-8-6-4-2/h22,24,28-31,34-36,38-43,45-46,48-52H,3-21,23,25-27,32-33H2,1-2H3,(H,44,47)(H,53,54)/b24-22-,30-28-,31-29+. The summed E-state index contributed by atoms with van der Waals surface area (Å²) in [5.41, 5.74) is 0. The van der Waals surface area contributed by atoms with Gasteiger partial charge in [-0.2, -0.15) is 0 Å². The molecule has 1 fully saturated rings. The van der Waals surface area contributed by atoms with Crippen molar-refractivity contribution in [3.05, 3.63) is 36.5 Å². The minimum atomic E-state index is -5.15. The maximum absolute atomic E-state index is 12.9. The van der Waals surface area contributed by atoms with E-state index in [1.54, 1.807) is 12.2 Å². The number of phosphoric acid groups is 1. The highest BCUT2D eigenvalue weighted by Crippen LogP contribution is 2.47. The van der Waals surface area contributed by atoms with Crippen LogP contribution in [0.15, 0.2) is 36.5 Å². The number of rotatable bonds is 35. The molecule has 0 radical (unpaired) electrons. The van der Waals surface area contributed by atoms with E-state index in [4.69, 9.17) is 9.05 Å². The molecule has 13 nitrogen and oxygen atoms in total. The second-order valence-electron chi connectivity index (χ2n) is 15.7. The topological polar surface area (TPSA) is 226 Å². The molecule has 1 rings (SSSR count). The Hall–Kier alpha value is -1.48. The van der Waals surface area contributed by atoms with Crippen LogP contribution in [-0.4, -0.2) is 108 Å². The van der Waals surface area contributed by atoms with Crippen LogP contribution in [0.5, 0.6) is 0 Å². The lowest BCUT2D eigenvalue weighted by Gasteiger charge is -2.41. The number of allylic oxidation sites excluding steroid dienone is 4. The molecule has 1 aliphatic rings. The zero-order valence-electron chi connectivity index (χ0n) is 35.0. The molecule has 0 aromatic heterocycles. The first-order chi connectivity index (χ1) is 27.3. The van der Waals surface area contributed by atoms with Gasteiger partial charge in [0.1, 0.15) is 36.6 Å². The summed E-state index contributed by atoms with van der Waals surface area (Å²) in [6.45, 7) is 3.68. The van der Waals surface area contributed by atoms with Crippen molar-refractivity contribution < 1.29 is 59.0 Å². The monoisotopic (exact) mass is 834 g/mol. The Morgan fingerprint density at radius 1 is 0.614 bits per heavy atom. The SMILES string of the molecule is CCCCCCCC/C=C\C/C=C\C(O)CC(=O)NC(COP(=O)(O)OC1C(O)C(O)C(O)C(O)C1O)C(O)/C=C/CCCCCCCCCCCCCCCC. The molecule has 1 amide bonds. The minimum Gasteiger partial charge on any atom is -0.389 e. The van der Waals surface area contributed by atoms with Crippen LogP contribution in [0.1, 0.15) is 168 Å². The highest BCUT2D eigenvalue weighted by molar-refractivity contribution is 7.47. The fraction of sp³-hybridized carbons (Fsp3) is 0.837. The van der Waals surface area contributed by atoms with Crippen molar-refractivity contribution in [2.75, 3.05) is 6.61 Å². The molecule has 57 heavy (non-hydrogen) atoms. The first-order valence-electron chi connectivity index (χ1n) is 22.0. The third-order valence-electron chi connectivity index (χ3n) is 10.5. The van der Waals surface area contributed by atoms with E-state index in [-0.39, 0.29) is 6.42 Å². The molecule has 0 saturated heterocycles. The van der Waals surface area contributed by atoms with Crippen LogP contribution in [0.25, 0.3) is 0 Å². The van der Waals surface area contributed by atoms with Gasteiger partial charge in [-0.3, -0.25) is 13.8 Å². The van der Waals surface area contributed by atoms with E-state index in [1.807, 2.05) is 6.08 Å². The van der Waals surface area contributed by atoms with Gasteiger partial charge in [0.05, 0.1) is 31.3 Å². The highest BCUT2D eigenvalue weighted by Gasteiger charge is 2.51. The lowest BCUT2D eigenvalue weighted by Crippen LogP contribution is -2.64. The van der Waals surface area contributed by atoms with E-state index in [1.165, 1.54) is 115 Å². The molecule has 0 bridgehead atoms. The summed E-state index contributed by atoms with van der Waals surface area (Å²) in [5.74, 6) is -0.661. The summed E-state index contributed by atoms with van der Waals surface area (Å²) in [6, 6.07) is -1.27. The van der Waals surface area contributed by atoms with Crippen molar-refractivity contribution in [2.24, 2.45) is 0 Å². The van der Waals surface area contributed by atoms with E-state index in [9.17, 15) is 50.0 Å². The first-order valence-corrected chi connectivity index (χ1v) is 23.5. The molecule has 334 valence electrons. The van der Waals surface area contributed by atoms with Gasteiger partial charge in [-0.05, 0) is 32.1 Å². The smallest absolute Gasteiger partial charge is 0.389 e. The molecule has 14 heteroatoms. The molecule has 8 atom stereocenters. The molecule has 0 aliphatic heterocycles. The average molecular weight is 834 g/mol. The number of carbonyl (C=O) groups is 1. The van der Waals surface area contributed by atoms with Crippen molar-refractivity contribution >= 4 is 13.7 Å². The Morgan fingerprint density at radius 2 is 1.05 bits per heavy atom. The maximum Gasteiger partial charge on any atom is 0.472 e. The van der Waals surface area contributed by atoms with Crippen LogP contribution in [0.4, 0.5) is 0 Å². The van der Waals surface area contributed by atoms with E-state index in [0.29, 0.717) is 12.8 Å². The van der Waals surface area contributed by atoms with Gasteiger partial charge < -0.3 is 46.0 Å². The van der Waals surface area contributed by atoms with Crippen LogP contribution < -0.4 is 5.32 Å². The molecular formula is C43H80NO12P. The fourth-order valence-corrected chi connectivity index (χ4v) is 7.79. The average Bonchev–Trinajstić information content (AvgIpc) is 3.18. The third kappa shape index (κ3) is 25.7. The molecule has 1 aliphatic carbocycles. The van der Waals surface area contributed by atoms with Crippen LogP contribution >= 0.6 is 7.82 Å². The van der Waals surface area contributed by atoms with Crippen molar-refractivity contribution in [1.29, 1.82) is 0 Å². The zero-order chi connectivity index (χ0) is 42.3. The number of amides is 1. The predicted molar refractivity (Wildman–Crippen MR) is 224 cm³/mol. The predicted octanol–water partition coefficient (Wildman–Crippen LogP) is 6.58. The summed E-state index contributed by atoms with van der Waals surface area (Å²) < 4.78 is 22.8. The number of nitrogens with one attached hydrogen (secondary N) is 1. The maximum atomic E-state index is 12.9. The summed E-state index contributed by atoms with van der Waals surface area (Å²) in [4.78, 5) is 23.3. The summed E-state index contributed by atoms with van der Waals surface area (Å²) in [5, 5.41) is 74.1. The summed E-state index contributed by atoms with van der Waals surface area (Å²) in [6.07, 6.45) is 22.7. The van der Waals surface area contributed by atoms with Crippen molar-refractivity contribution in [1.82, 2.24) is 5.32 Å². The van der Waals surface area contributed by atoms with E-state index >= 15 is 0 Å². The van der Waals surface area contributed by atoms with Crippen molar-refractivity contribution in [3.8, 4) is 0 Å². The second kappa shape index (κ2) is 33.3. The Morgan fingerprint density at radius 3 is 1.54 bits per heavy atom. The van der Waals surface area contributed by atoms with E-state index < -0.39 is 75.2 Å².